The zero-order chi connectivity index (χ0) is 19.3. The number of rotatable bonds is 7. The van der Waals surface area contributed by atoms with Crippen LogP contribution in [0.3, 0.4) is 0 Å². The first kappa shape index (κ1) is 20.0. The molecule has 0 aromatic heterocycles. The third kappa shape index (κ3) is 4.57. The molecule has 0 radical (unpaired) electrons. The summed E-state index contributed by atoms with van der Waals surface area (Å²) in [6, 6.07) is 5.79. The summed E-state index contributed by atoms with van der Waals surface area (Å²) in [5, 5.41) is 0. The van der Waals surface area contributed by atoms with Crippen LogP contribution in [-0.2, 0) is 20.7 Å². The van der Waals surface area contributed by atoms with Crippen LogP contribution in [0.4, 0.5) is 0 Å². The molecular weight excluding hydrogens is 370 g/mol. The zero-order valence-corrected chi connectivity index (χ0v) is 16.6. The molecule has 6 nitrogen and oxygen atoms in total. The van der Waals surface area contributed by atoms with E-state index in [1.807, 2.05) is 24.3 Å². The van der Waals surface area contributed by atoms with Crippen molar-refractivity contribution in [1.29, 1.82) is 0 Å². The van der Waals surface area contributed by atoms with Gasteiger partial charge in [-0.05, 0) is 30.5 Å². The molecule has 0 atom stereocenters. The molecule has 0 bridgehead atoms. The Kier molecular flexibility index (Phi) is 6.63. The van der Waals surface area contributed by atoms with Gasteiger partial charge in [0.2, 0.25) is 5.91 Å². The highest BCUT2D eigenvalue weighted by Crippen LogP contribution is 2.36. The number of methoxy groups -OCH3 is 2. The van der Waals surface area contributed by atoms with Gasteiger partial charge in [0, 0.05) is 25.1 Å². The lowest BCUT2D eigenvalue weighted by molar-refractivity contribution is -0.163. The van der Waals surface area contributed by atoms with Gasteiger partial charge in [0.1, 0.15) is 5.88 Å². The summed E-state index contributed by atoms with van der Waals surface area (Å²) in [4.78, 5) is 14.2. The van der Waals surface area contributed by atoms with Crippen LogP contribution in [0.1, 0.15) is 24.8 Å². The Labute approximate surface area is 165 Å². The number of nitrogens with zero attached hydrogens (tertiary/aromatic N) is 1. The van der Waals surface area contributed by atoms with Gasteiger partial charge in [-0.3, -0.25) is 4.79 Å². The smallest absolute Gasteiger partial charge is 0.241 e. The molecule has 0 saturated carbocycles. The van der Waals surface area contributed by atoms with Crippen LogP contribution in [-0.4, -0.2) is 56.5 Å². The van der Waals surface area contributed by atoms with Crippen molar-refractivity contribution in [2.45, 2.75) is 31.5 Å². The molecule has 1 saturated heterocycles. The zero-order valence-electron chi connectivity index (χ0n) is 15.8. The highest BCUT2D eigenvalue weighted by Gasteiger charge is 2.38. The maximum absolute atomic E-state index is 12.4. The molecule has 1 spiro atoms. The van der Waals surface area contributed by atoms with Gasteiger partial charge in [0.25, 0.3) is 0 Å². The van der Waals surface area contributed by atoms with Crippen molar-refractivity contribution in [3.05, 3.63) is 35.5 Å². The van der Waals surface area contributed by atoms with Crippen molar-refractivity contribution in [2.24, 2.45) is 0 Å². The van der Waals surface area contributed by atoms with E-state index in [0.717, 1.165) is 24.1 Å². The molecule has 2 aliphatic rings. The minimum atomic E-state index is -0.497. The molecule has 1 amide bonds. The van der Waals surface area contributed by atoms with E-state index >= 15 is 0 Å². The standard InChI is InChI=1S/C20H26ClNO5/c1-24-17-4-3-15(13-18(17)25-2)7-10-22(19(23)14-21)16-5-8-20(9-6-16)26-11-12-27-20/h3-5,13H,6-12,14H2,1-2H3. The monoisotopic (exact) mass is 395 g/mol. The first-order valence-electron chi connectivity index (χ1n) is 9.15. The van der Waals surface area contributed by atoms with Crippen LogP contribution >= 0.6 is 11.6 Å². The molecule has 1 aliphatic heterocycles. The highest BCUT2D eigenvalue weighted by atomic mass is 35.5. The molecule has 7 heteroatoms. The molecule has 1 fully saturated rings. The summed E-state index contributed by atoms with van der Waals surface area (Å²) in [6.07, 6.45) is 4.88. The lowest BCUT2D eigenvalue weighted by Gasteiger charge is -2.34. The summed E-state index contributed by atoms with van der Waals surface area (Å²) in [7, 11) is 3.22. The fourth-order valence-electron chi connectivity index (χ4n) is 3.58. The van der Waals surface area contributed by atoms with Gasteiger partial charge in [-0.15, -0.1) is 11.6 Å². The Morgan fingerprint density at radius 1 is 1.22 bits per heavy atom. The quantitative estimate of drug-likeness (QED) is 0.664. The van der Waals surface area contributed by atoms with Crippen LogP contribution < -0.4 is 9.47 Å². The number of hydrogen-bond donors (Lipinski definition) is 0. The van der Waals surface area contributed by atoms with Gasteiger partial charge in [-0.2, -0.15) is 0 Å². The summed E-state index contributed by atoms with van der Waals surface area (Å²) < 4.78 is 22.1. The molecule has 27 heavy (non-hydrogen) atoms. The van der Waals surface area contributed by atoms with Crippen molar-refractivity contribution in [1.82, 2.24) is 4.90 Å². The number of ether oxygens (including phenoxy) is 4. The number of carbonyl (C=O) groups excluding carboxylic acids is 1. The van der Waals surface area contributed by atoms with Gasteiger partial charge in [-0.25, -0.2) is 0 Å². The molecular formula is C20H26ClNO5. The number of halogens is 1. The normalized spacial score (nSPS) is 18.3. The number of benzene rings is 1. The molecule has 1 heterocycles. The number of amides is 1. The summed E-state index contributed by atoms with van der Waals surface area (Å²) in [5.41, 5.74) is 2.06. The number of allylic oxidation sites excluding steroid dienone is 1. The lowest BCUT2D eigenvalue weighted by atomic mass is 9.96. The van der Waals surface area contributed by atoms with E-state index in [-0.39, 0.29) is 11.8 Å². The number of hydrogen-bond acceptors (Lipinski definition) is 5. The van der Waals surface area contributed by atoms with Crippen molar-refractivity contribution >= 4 is 17.5 Å². The molecule has 148 valence electrons. The van der Waals surface area contributed by atoms with Crippen molar-refractivity contribution in [2.75, 3.05) is 39.9 Å². The first-order chi connectivity index (χ1) is 13.1. The average Bonchev–Trinajstić information content (AvgIpc) is 3.17. The van der Waals surface area contributed by atoms with E-state index in [4.69, 9.17) is 30.5 Å². The first-order valence-corrected chi connectivity index (χ1v) is 9.68. The maximum Gasteiger partial charge on any atom is 0.241 e. The van der Waals surface area contributed by atoms with E-state index < -0.39 is 5.79 Å². The van der Waals surface area contributed by atoms with Gasteiger partial charge in [-0.1, -0.05) is 12.1 Å². The predicted molar refractivity (Wildman–Crippen MR) is 102 cm³/mol. The van der Waals surface area contributed by atoms with Gasteiger partial charge in [0.15, 0.2) is 17.3 Å². The second kappa shape index (κ2) is 8.95. The van der Waals surface area contributed by atoms with Gasteiger partial charge >= 0.3 is 0 Å². The molecule has 1 aliphatic carbocycles. The van der Waals surface area contributed by atoms with Crippen molar-refractivity contribution < 1.29 is 23.7 Å². The highest BCUT2D eigenvalue weighted by molar-refractivity contribution is 6.27. The second-order valence-electron chi connectivity index (χ2n) is 6.63. The van der Waals surface area contributed by atoms with Crippen LogP contribution in [0, 0.1) is 0 Å². The van der Waals surface area contributed by atoms with E-state index in [0.29, 0.717) is 44.1 Å². The Morgan fingerprint density at radius 3 is 2.56 bits per heavy atom. The second-order valence-corrected chi connectivity index (χ2v) is 6.89. The van der Waals surface area contributed by atoms with E-state index in [2.05, 4.69) is 0 Å². The summed E-state index contributed by atoms with van der Waals surface area (Å²) in [6.45, 7) is 1.82. The summed E-state index contributed by atoms with van der Waals surface area (Å²) >= 11 is 5.85. The maximum atomic E-state index is 12.4. The van der Waals surface area contributed by atoms with Crippen LogP contribution in [0.2, 0.25) is 0 Å². The van der Waals surface area contributed by atoms with Crippen LogP contribution in [0.5, 0.6) is 11.5 Å². The number of alkyl halides is 1. The van der Waals surface area contributed by atoms with Crippen LogP contribution in [0.15, 0.2) is 30.0 Å². The SMILES string of the molecule is COc1ccc(CCN(C(=O)CCl)C2=CCC3(CC2)OCCO3)cc1OC. The fourth-order valence-corrected chi connectivity index (χ4v) is 3.72. The molecule has 3 rings (SSSR count). The fraction of sp³-hybridized carbons (Fsp3) is 0.550. The average molecular weight is 396 g/mol. The third-order valence-electron chi connectivity index (χ3n) is 5.06. The minimum Gasteiger partial charge on any atom is -0.493 e. The topological polar surface area (TPSA) is 57.2 Å². The molecule has 1 aromatic carbocycles. The largest absolute Gasteiger partial charge is 0.493 e. The minimum absolute atomic E-state index is 0.0403. The number of carbonyl (C=O) groups is 1. The Morgan fingerprint density at radius 2 is 1.96 bits per heavy atom. The van der Waals surface area contributed by atoms with Crippen LogP contribution in [0.25, 0.3) is 0 Å². The van der Waals surface area contributed by atoms with Gasteiger partial charge < -0.3 is 23.8 Å². The Balaban J connectivity index is 1.69. The van der Waals surface area contributed by atoms with Crippen molar-refractivity contribution in [3.63, 3.8) is 0 Å². The molecule has 0 unspecified atom stereocenters. The van der Waals surface area contributed by atoms with E-state index in [1.165, 1.54) is 0 Å². The Hall–Kier alpha value is -1.76. The third-order valence-corrected chi connectivity index (χ3v) is 5.29. The van der Waals surface area contributed by atoms with Gasteiger partial charge in [0.05, 0.1) is 27.4 Å². The summed E-state index contributed by atoms with van der Waals surface area (Å²) in [5.74, 6) is 0.739. The Bertz CT molecular complexity index is 700. The van der Waals surface area contributed by atoms with E-state index in [1.54, 1.807) is 19.1 Å². The molecule has 0 N–H and O–H groups in total. The predicted octanol–water partition coefficient (Wildman–Crippen LogP) is 3.12. The molecule has 1 aromatic rings. The van der Waals surface area contributed by atoms with Crippen molar-refractivity contribution in [3.8, 4) is 11.5 Å². The lowest BCUT2D eigenvalue weighted by Crippen LogP contribution is -2.38. The van der Waals surface area contributed by atoms with E-state index in [9.17, 15) is 4.79 Å².